The smallest absolute Gasteiger partial charge is 0.254 e. The van der Waals surface area contributed by atoms with Gasteiger partial charge >= 0.3 is 0 Å². The molecular weight excluding hydrogens is 434 g/mol. The zero-order valence-corrected chi connectivity index (χ0v) is 19.9. The Hall–Kier alpha value is -3.10. The second-order valence-electron chi connectivity index (χ2n) is 8.58. The number of carbonyl (C=O) groups is 2. The van der Waals surface area contributed by atoms with E-state index in [-0.39, 0.29) is 17.9 Å². The molecule has 0 bridgehead atoms. The molecule has 1 atom stereocenters. The minimum absolute atomic E-state index is 0.00332. The molecule has 0 N–H and O–H groups in total. The summed E-state index contributed by atoms with van der Waals surface area (Å²) in [6.07, 6.45) is 0. The average molecular weight is 468 g/mol. The van der Waals surface area contributed by atoms with Crippen LogP contribution in [0.25, 0.3) is 0 Å². The van der Waals surface area contributed by atoms with Crippen LogP contribution < -0.4 is 9.47 Å². The summed E-state index contributed by atoms with van der Waals surface area (Å²) in [6, 6.07) is 14.8. The van der Waals surface area contributed by atoms with Crippen molar-refractivity contribution < 1.29 is 23.8 Å². The SMILES string of the molecule is COc1ccc(C2CN(C(=O)c3cccc(OCCN4CCOCC4)c3)CCN2C(C)=O)cc1. The van der Waals surface area contributed by atoms with E-state index in [4.69, 9.17) is 14.2 Å². The Bertz CT molecular complexity index is 975. The summed E-state index contributed by atoms with van der Waals surface area (Å²) in [5.74, 6) is 1.39. The summed E-state index contributed by atoms with van der Waals surface area (Å²) in [5.41, 5.74) is 1.57. The first-order chi connectivity index (χ1) is 16.5. The normalized spacial score (nSPS) is 19.1. The highest BCUT2D eigenvalue weighted by molar-refractivity contribution is 5.94. The topological polar surface area (TPSA) is 71.5 Å². The highest BCUT2D eigenvalue weighted by atomic mass is 16.5. The Labute approximate surface area is 201 Å². The van der Waals surface area contributed by atoms with E-state index in [0.717, 1.165) is 44.2 Å². The maximum absolute atomic E-state index is 13.4. The van der Waals surface area contributed by atoms with Gasteiger partial charge in [-0.05, 0) is 35.9 Å². The third kappa shape index (κ3) is 5.87. The van der Waals surface area contributed by atoms with Crippen LogP contribution in [0.1, 0.15) is 28.9 Å². The van der Waals surface area contributed by atoms with Gasteiger partial charge in [0, 0.05) is 51.8 Å². The van der Waals surface area contributed by atoms with Crippen LogP contribution in [0.15, 0.2) is 48.5 Å². The zero-order chi connectivity index (χ0) is 23.9. The van der Waals surface area contributed by atoms with Gasteiger partial charge < -0.3 is 24.0 Å². The largest absolute Gasteiger partial charge is 0.497 e. The van der Waals surface area contributed by atoms with Gasteiger partial charge in [-0.2, -0.15) is 0 Å². The maximum Gasteiger partial charge on any atom is 0.254 e. The van der Waals surface area contributed by atoms with E-state index in [1.165, 1.54) is 0 Å². The van der Waals surface area contributed by atoms with Gasteiger partial charge in [0.05, 0.1) is 26.4 Å². The van der Waals surface area contributed by atoms with Crippen molar-refractivity contribution in [2.24, 2.45) is 0 Å². The van der Waals surface area contributed by atoms with Gasteiger partial charge in [0.1, 0.15) is 18.1 Å². The lowest BCUT2D eigenvalue weighted by atomic mass is 10.0. The van der Waals surface area contributed by atoms with Gasteiger partial charge in [0.15, 0.2) is 0 Å². The van der Waals surface area contributed by atoms with Gasteiger partial charge in [-0.25, -0.2) is 0 Å². The summed E-state index contributed by atoms with van der Waals surface area (Å²) in [5, 5.41) is 0. The molecule has 1 unspecified atom stereocenters. The molecule has 2 saturated heterocycles. The quantitative estimate of drug-likeness (QED) is 0.623. The Kier molecular flexibility index (Phi) is 8.03. The third-order valence-electron chi connectivity index (χ3n) is 6.43. The van der Waals surface area contributed by atoms with Gasteiger partial charge in [-0.15, -0.1) is 0 Å². The monoisotopic (exact) mass is 467 g/mol. The van der Waals surface area contributed by atoms with E-state index in [2.05, 4.69) is 4.90 Å². The van der Waals surface area contributed by atoms with Crippen LogP contribution in [0.4, 0.5) is 0 Å². The Morgan fingerprint density at radius 1 is 1.00 bits per heavy atom. The van der Waals surface area contributed by atoms with E-state index in [1.54, 1.807) is 20.1 Å². The third-order valence-corrected chi connectivity index (χ3v) is 6.43. The number of amides is 2. The summed E-state index contributed by atoms with van der Waals surface area (Å²) in [4.78, 5) is 31.6. The van der Waals surface area contributed by atoms with Crippen molar-refractivity contribution >= 4 is 11.8 Å². The van der Waals surface area contributed by atoms with Crippen molar-refractivity contribution in [2.45, 2.75) is 13.0 Å². The predicted octanol–water partition coefficient (Wildman–Crippen LogP) is 2.45. The number of hydrogen-bond acceptors (Lipinski definition) is 6. The second kappa shape index (κ2) is 11.4. The van der Waals surface area contributed by atoms with Crippen LogP contribution in [0.2, 0.25) is 0 Å². The highest BCUT2D eigenvalue weighted by Crippen LogP contribution is 2.28. The van der Waals surface area contributed by atoms with E-state index >= 15 is 0 Å². The number of rotatable bonds is 7. The molecule has 2 aromatic rings. The van der Waals surface area contributed by atoms with Crippen LogP contribution in [-0.2, 0) is 9.53 Å². The predicted molar refractivity (Wildman–Crippen MR) is 128 cm³/mol. The number of methoxy groups -OCH3 is 1. The molecule has 2 heterocycles. The molecule has 0 aromatic heterocycles. The Morgan fingerprint density at radius 2 is 1.76 bits per heavy atom. The molecule has 4 rings (SSSR count). The minimum atomic E-state index is -0.200. The fourth-order valence-corrected chi connectivity index (χ4v) is 4.47. The molecule has 0 spiro atoms. The minimum Gasteiger partial charge on any atom is -0.497 e. The summed E-state index contributed by atoms with van der Waals surface area (Å²) in [6.45, 7) is 7.76. The first-order valence-corrected chi connectivity index (χ1v) is 11.8. The number of benzene rings is 2. The van der Waals surface area contributed by atoms with Gasteiger partial charge in [-0.1, -0.05) is 18.2 Å². The molecule has 0 saturated carbocycles. The molecular formula is C26H33N3O5. The standard InChI is InChI=1S/C26H33N3O5/c1-20(30)29-11-10-28(19-25(29)21-6-8-23(32-2)9-7-21)26(31)22-4-3-5-24(18-22)34-17-14-27-12-15-33-16-13-27/h3-9,18,25H,10-17,19H2,1-2H3. The summed E-state index contributed by atoms with van der Waals surface area (Å²) >= 11 is 0. The van der Waals surface area contributed by atoms with Crippen molar-refractivity contribution in [3.05, 3.63) is 59.7 Å². The lowest BCUT2D eigenvalue weighted by Gasteiger charge is -2.41. The fourth-order valence-electron chi connectivity index (χ4n) is 4.47. The van der Waals surface area contributed by atoms with Crippen molar-refractivity contribution in [1.82, 2.24) is 14.7 Å². The van der Waals surface area contributed by atoms with Crippen molar-refractivity contribution in [3.63, 3.8) is 0 Å². The Morgan fingerprint density at radius 3 is 2.47 bits per heavy atom. The number of hydrogen-bond donors (Lipinski definition) is 0. The van der Waals surface area contributed by atoms with E-state index in [9.17, 15) is 9.59 Å². The molecule has 0 radical (unpaired) electrons. The molecule has 2 aliphatic heterocycles. The number of piperazine rings is 1. The molecule has 2 fully saturated rings. The van der Waals surface area contributed by atoms with Gasteiger partial charge in [0.25, 0.3) is 5.91 Å². The molecule has 182 valence electrons. The molecule has 8 heteroatoms. The zero-order valence-electron chi connectivity index (χ0n) is 19.9. The Balaban J connectivity index is 1.41. The highest BCUT2D eigenvalue weighted by Gasteiger charge is 2.32. The van der Waals surface area contributed by atoms with Crippen LogP contribution in [-0.4, -0.2) is 92.7 Å². The van der Waals surface area contributed by atoms with Crippen molar-refractivity contribution in [3.8, 4) is 11.5 Å². The van der Waals surface area contributed by atoms with E-state index < -0.39 is 0 Å². The first-order valence-electron chi connectivity index (χ1n) is 11.8. The maximum atomic E-state index is 13.4. The lowest BCUT2D eigenvalue weighted by Crippen LogP contribution is -2.51. The second-order valence-corrected chi connectivity index (χ2v) is 8.58. The number of carbonyl (C=O) groups excluding carboxylic acids is 2. The van der Waals surface area contributed by atoms with Crippen LogP contribution in [0, 0.1) is 0 Å². The molecule has 2 amide bonds. The number of nitrogens with zero attached hydrogens (tertiary/aromatic N) is 3. The van der Waals surface area contributed by atoms with Gasteiger partial charge in [0.2, 0.25) is 5.91 Å². The first kappa shape index (κ1) is 24.0. The molecule has 34 heavy (non-hydrogen) atoms. The van der Waals surface area contributed by atoms with Gasteiger partial charge in [-0.3, -0.25) is 14.5 Å². The van der Waals surface area contributed by atoms with E-state index in [1.807, 2.05) is 52.3 Å². The molecule has 2 aromatic carbocycles. The summed E-state index contributed by atoms with van der Waals surface area (Å²) in [7, 11) is 1.62. The number of morpholine rings is 1. The van der Waals surface area contributed by atoms with Crippen LogP contribution in [0.5, 0.6) is 11.5 Å². The number of ether oxygens (including phenoxy) is 3. The van der Waals surface area contributed by atoms with Crippen molar-refractivity contribution in [1.29, 1.82) is 0 Å². The molecule has 0 aliphatic carbocycles. The molecule has 2 aliphatic rings. The average Bonchev–Trinajstić information content (AvgIpc) is 2.88. The summed E-state index contributed by atoms with van der Waals surface area (Å²) < 4.78 is 16.6. The molecule has 8 nitrogen and oxygen atoms in total. The lowest BCUT2D eigenvalue weighted by molar-refractivity contribution is -0.133. The van der Waals surface area contributed by atoms with Crippen molar-refractivity contribution in [2.75, 3.05) is 66.2 Å². The van der Waals surface area contributed by atoms with Crippen LogP contribution >= 0.6 is 0 Å². The van der Waals surface area contributed by atoms with E-state index in [0.29, 0.717) is 37.6 Å². The van der Waals surface area contributed by atoms with Crippen LogP contribution in [0.3, 0.4) is 0 Å². The fraction of sp³-hybridized carbons (Fsp3) is 0.462.